The lowest BCUT2D eigenvalue weighted by molar-refractivity contribution is -0.384. The average Bonchev–Trinajstić information content (AvgIpc) is 2.55. The number of rotatable bonds is 6. The van der Waals surface area contributed by atoms with E-state index < -0.39 is 10.7 Å². The number of unbranched alkanes of at least 4 members (excludes halogenated alkanes) is 1. The smallest absolute Gasteiger partial charge is 0.294 e. The molecule has 1 N–H and O–H groups in total. The maximum Gasteiger partial charge on any atom is 0.294 e. The van der Waals surface area contributed by atoms with E-state index in [1.165, 1.54) is 0 Å². The topological polar surface area (TPSA) is 90.4 Å². The van der Waals surface area contributed by atoms with Gasteiger partial charge in [-0.05, 0) is 38.5 Å². The van der Waals surface area contributed by atoms with Crippen LogP contribution in [0, 0.1) is 27.3 Å². The van der Waals surface area contributed by atoms with Crippen molar-refractivity contribution in [1.29, 1.82) is 5.26 Å². The van der Waals surface area contributed by atoms with Crippen LogP contribution in [0.5, 0.6) is 0 Å². The van der Waals surface area contributed by atoms with Crippen molar-refractivity contribution in [2.45, 2.75) is 44.6 Å². The molecule has 1 aromatic rings. The van der Waals surface area contributed by atoms with Gasteiger partial charge in [0.2, 0.25) is 0 Å². The number of nitro benzene ring substituents is 1. The molecule has 0 spiro atoms. The van der Waals surface area contributed by atoms with Gasteiger partial charge >= 0.3 is 0 Å². The van der Waals surface area contributed by atoms with E-state index in [2.05, 4.69) is 0 Å². The molecule has 2 rings (SSSR count). The molecule has 0 amide bonds. The Kier molecular flexibility index (Phi) is 5.88. The maximum atomic E-state index is 14.0. The van der Waals surface area contributed by atoms with E-state index in [9.17, 15) is 14.5 Å². The Bertz CT molecular complexity index is 615. The highest BCUT2D eigenvalue weighted by Crippen LogP contribution is 2.36. The predicted octanol–water partition coefficient (Wildman–Crippen LogP) is 3.13. The molecule has 0 aromatic heterocycles. The van der Waals surface area contributed by atoms with Gasteiger partial charge in [0.15, 0.2) is 0 Å². The van der Waals surface area contributed by atoms with Gasteiger partial charge in [-0.25, -0.2) is 4.39 Å². The lowest BCUT2D eigenvalue weighted by Gasteiger charge is -2.37. The molecule has 1 aliphatic rings. The molecule has 1 unspecified atom stereocenters. The second-order valence-electron chi connectivity index (χ2n) is 5.75. The summed E-state index contributed by atoms with van der Waals surface area (Å²) in [6.45, 7) is 0.758. The van der Waals surface area contributed by atoms with Crippen LogP contribution in [-0.2, 0) is 0 Å². The highest BCUT2D eigenvalue weighted by molar-refractivity contribution is 5.66. The molecule has 1 aliphatic heterocycles. The fourth-order valence-electron chi connectivity index (χ4n) is 3.12. The van der Waals surface area contributed by atoms with E-state index in [1.807, 2.05) is 4.90 Å². The second kappa shape index (κ2) is 7.88. The number of aliphatic hydroxyl groups is 1. The number of hydrogen-bond acceptors (Lipinski definition) is 5. The standard InChI is InChI=1S/C16H20FN3O3/c17-14-10-15(16(20(22)23)9-12(14)11-18)19-7-3-1-5-13(19)6-2-4-8-21/h9-10,13,21H,1-8H2. The van der Waals surface area contributed by atoms with Crippen LogP contribution in [0.3, 0.4) is 0 Å². The molecular weight excluding hydrogens is 301 g/mol. The van der Waals surface area contributed by atoms with Crippen molar-refractivity contribution in [3.8, 4) is 6.07 Å². The van der Waals surface area contributed by atoms with Crippen LogP contribution >= 0.6 is 0 Å². The van der Waals surface area contributed by atoms with Gasteiger partial charge in [-0.3, -0.25) is 10.1 Å². The molecule has 7 heteroatoms. The second-order valence-corrected chi connectivity index (χ2v) is 5.75. The van der Waals surface area contributed by atoms with Crippen molar-refractivity contribution in [2.24, 2.45) is 0 Å². The molecular formula is C16H20FN3O3. The number of nitriles is 1. The van der Waals surface area contributed by atoms with Crippen molar-refractivity contribution in [3.05, 3.63) is 33.6 Å². The Balaban J connectivity index is 2.35. The minimum Gasteiger partial charge on any atom is -0.396 e. The molecule has 23 heavy (non-hydrogen) atoms. The summed E-state index contributed by atoms with van der Waals surface area (Å²) >= 11 is 0. The fraction of sp³-hybridized carbons (Fsp3) is 0.562. The van der Waals surface area contributed by atoms with Crippen LogP contribution in [0.25, 0.3) is 0 Å². The molecule has 0 bridgehead atoms. The number of anilines is 1. The maximum absolute atomic E-state index is 14.0. The van der Waals surface area contributed by atoms with Crippen molar-refractivity contribution in [3.63, 3.8) is 0 Å². The van der Waals surface area contributed by atoms with Gasteiger partial charge in [0.1, 0.15) is 17.6 Å². The lowest BCUT2D eigenvalue weighted by Crippen LogP contribution is -2.40. The van der Waals surface area contributed by atoms with Gasteiger partial charge in [-0.1, -0.05) is 0 Å². The molecule has 1 atom stereocenters. The molecule has 1 aromatic carbocycles. The van der Waals surface area contributed by atoms with Crippen LogP contribution < -0.4 is 4.90 Å². The Labute approximate surface area is 134 Å². The van der Waals surface area contributed by atoms with Gasteiger partial charge in [0.05, 0.1) is 10.5 Å². The molecule has 6 nitrogen and oxygen atoms in total. The lowest BCUT2D eigenvalue weighted by atomic mass is 9.96. The first-order valence-electron chi connectivity index (χ1n) is 7.84. The van der Waals surface area contributed by atoms with Crippen molar-refractivity contribution in [1.82, 2.24) is 0 Å². The minimum absolute atomic E-state index is 0.0985. The SMILES string of the molecule is N#Cc1cc([N+](=O)[O-])c(N2CCCCC2CCCCO)cc1F. The highest BCUT2D eigenvalue weighted by Gasteiger charge is 2.29. The van der Waals surface area contributed by atoms with Gasteiger partial charge in [-0.2, -0.15) is 5.26 Å². The number of hydrogen-bond donors (Lipinski definition) is 1. The largest absolute Gasteiger partial charge is 0.396 e. The average molecular weight is 321 g/mol. The van der Waals surface area contributed by atoms with Gasteiger partial charge in [0, 0.05) is 31.3 Å². The van der Waals surface area contributed by atoms with Gasteiger partial charge in [0.25, 0.3) is 5.69 Å². The number of halogens is 1. The Morgan fingerprint density at radius 3 is 2.87 bits per heavy atom. The molecule has 124 valence electrons. The van der Waals surface area contributed by atoms with E-state index in [0.29, 0.717) is 13.0 Å². The normalized spacial score (nSPS) is 17.8. The van der Waals surface area contributed by atoms with Gasteiger partial charge in [-0.15, -0.1) is 0 Å². The monoisotopic (exact) mass is 321 g/mol. The van der Waals surface area contributed by atoms with E-state index in [4.69, 9.17) is 10.4 Å². The quantitative estimate of drug-likeness (QED) is 0.494. The summed E-state index contributed by atoms with van der Waals surface area (Å²) in [4.78, 5) is 12.7. The zero-order valence-electron chi connectivity index (χ0n) is 12.9. The number of piperidine rings is 1. The summed E-state index contributed by atoms with van der Waals surface area (Å²) in [5, 5.41) is 29.1. The summed E-state index contributed by atoms with van der Waals surface area (Å²) in [5.74, 6) is -0.729. The molecule has 1 saturated heterocycles. The first-order chi connectivity index (χ1) is 11.1. The van der Waals surface area contributed by atoms with Crippen LogP contribution in [0.2, 0.25) is 0 Å². The number of benzene rings is 1. The molecule has 0 radical (unpaired) electrons. The first-order valence-corrected chi connectivity index (χ1v) is 7.84. The number of aliphatic hydroxyl groups excluding tert-OH is 1. The zero-order chi connectivity index (χ0) is 16.8. The summed E-state index contributed by atoms with van der Waals surface area (Å²) in [6.07, 6.45) is 5.14. The van der Waals surface area contributed by atoms with Gasteiger partial charge < -0.3 is 10.0 Å². The third-order valence-corrected chi connectivity index (χ3v) is 4.26. The van der Waals surface area contributed by atoms with E-state index >= 15 is 0 Å². The molecule has 1 heterocycles. The Morgan fingerprint density at radius 2 is 2.22 bits per heavy atom. The minimum atomic E-state index is -0.729. The molecule has 0 saturated carbocycles. The Hall–Kier alpha value is -2.20. The first kappa shape index (κ1) is 17.2. The summed E-state index contributed by atoms with van der Waals surface area (Å²) in [6, 6.07) is 3.88. The highest BCUT2D eigenvalue weighted by atomic mass is 19.1. The van der Waals surface area contributed by atoms with E-state index in [0.717, 1.165) is 44.2 Å². The number of nitro groups is 1. The van der Waals surface area contributed by atoms with Crippen LogP contribution in [0.1, 0.15) is 44.1 Å². The summed E-state index contributed by atoms with van der Waals surface area (Å²) in [5.41, 5.74) is -0.286. The van der Waals surface area contributed by atoms with E-state index in [1.54, 1.807) is 6.07 Å². The third kappa shape index (κ3) is 3.96. The van der Waals surface area contributed by atoms with Crippen molar-refractivity contribution >= 4 is 11.4 Å². The zero-order valence-corrected chi connectivity index (χ0v) is 12.9. The predicted molar refractivity (Wildman–Crippen MR) is 83.7 cm³/mol. The van der Waals surface area contributed by atoms with Crippen LogP contribution in [0.15, 0.2) is 12.1 Å². The van der Waals surface area contributed by atoms with Crippen molar-refractivity contribution < 1.29 is 14.4 Å². The summed E-state index contributed by atoms with van der Waals surface area (Å²) in [7, 11) is 0. The molecule has 0 aliphatic carbocycles. The van der Waals surface area contributed by atoms with Crippen LogP contribution in [0.4, 0.5) is 15.8 Å². The fourth-order valence-corrected chi connectivity index (χ4v) is 3.12. The third-order valence-electron chi connectivity index (χ3n) is 4.26. The molecule has 1 fully saturated rings. The Morgan fingerprint density at radius 1 is 1.43 bits per heavy atom. The van der Waals surface area contributed by atoms with Crippen LogP contribution in [-0.4, -0.2) is 29.2 Å². The van der Waals surface area contributed by atoms with Crippen molar-refractivity contribution in [2.75, 3.05) is 18.1 Å². The summed E-state index contributed by atoms with van der Waals surface area (Å²) < 4.78 is 14.0. The van der Waals surface area contributed by atoms with E-state index in [-0.39, 0.29) is 29.6 Å². The number of nitrogens with zero attached hydrogens (tertiary/aromatic N) is 3.